The van der Waals surface area contributed by atoms with Crippen molar-refractivity contribution >= 4 is 5.91 Å². The van der Waals surface area contributed by atoms with Crippen molar-refractivity contribution in [2.75, 3.05) is 19.7 Å². The number of likely N-dealkylation sites (tertiary alicyclic amines) is 1. The van der Waals surface area contributed by atoms with Crippen LogP contribution in [0.5, 0.6) is 0 Å². The van der Waals surface area contributed by atoms with Gasteiger partial charge in [-0.3, -0.25) is 4.79 Å². The van der Waals surface area contributed by atoms with Crippen LogP contribution in [0.15, 0.2) is 0 Å². The lowest BCUT2D eigenvalue weighted by atomic mass is 9.86. The summed E-state index contributed by atoms with van der Waals surface area (Å²) in [4.78, 5) is 13.4. The van der Waals surface area contributed by atoms with Crippen molar-refractivity contribution in [3.8, 4) is 0 Å². The van der Waals surface area contributed by atoms with Crippen molar-refractivity contribution in [1.82, 2.24) is 4.90 Å². The van der Waals surface area contributed by atoms with E-state index >= 15 is 0 Å². The molecule has 3 nitrogen and oxygen atoms in total. The fourth-order valence-electron chi connectivity index (χ4n) is 2.77. The Hall–Kier alpha value is -0.570. The van der Waals surface area contributed by atoms with Gasteiger partial charge in [-0.2, -0.15) is 0 Å². The van der Waals surface area contributed by atoms with Gasteiger partial charge >= 0.3 is 0 Å². The molecule has 0 unspecified atom stereocenters. The molecule has 0 aromatic carbocycles. The number of aliphatic hydroxyl groups excluding tert-OH is 1. The van der Waals surface area contributed by atoms with Gasteiger partial charge in [-0.15, -0.1) is 0 Å². The second-order valence-corrected chi connectivity index (χ2v) is 4.78. The molecule has 0 atom stereocenters. The van der Waals surface area contributed by atoms with Crippen LogP contribution in [0.3, 0.4) is 0 Å². The van der Waals surface area contributed by atoms with Crippen molar-refractivity contribution < 1.29 is 9.90 Å². The summed E-state index contributed by atoms with van der Waals surface area (Å²) in [5.41, 5.74) is 0.0417. The monoisotopic (exact) mass is 197 g/mol. The summed E-state index contributed by atoms with van der Waals surface area (Å²) in [6.45, 7) is 1.94. The van der Waals surface area contributed by atoms with Gasteiger partial charge in [0.15, 0.2) is 0 Å². The van der Waals surface area contributed by atoms with Crippen LogP contribution in [-0.4, -0.2) is 35.6 Å². The number of aliphatic hydroxyl groups is 1. The first-order valence-corrected chi connectivity index (χ1v) is 5.64. The maximum Gasteiger partial charge on any atom is 0.222 e. The Labute approximate surface area is 85.1 Å². The highest BCUT2D eigenvalue weighted by atomic mass is 16.3. The summed E-state index contributed by atoms with van der Waals surface area (Å²) in [6.07, 6.45) is 6.31. The van der Waals surface area contributed by atoms with E-state index < -0.39 is 0 Å². The van der Waals surface area contributed by atoms with Crippen LogP contribution in [0.2, 0.25) is 0 Å². The van der Waals surface area contributed by atoms with E-state index in [1.165, 1.54) is 12.8 Å². The normalized spacial score (nSPS) is 26.1. The molecule has 1 aliphatic carbocycles. The minimum atomic E-state index is 0.0417. The van der Waals surface area contributed by atoms with Gasteiger partial charge in [-0.1, -0.05) is 12.8 Å². The van der Waals surface area contributed by atoms with E-state index in [1.54, 1.807) is 0 Å². The Morgan fingerprint density at radius 3 is 2.50 bits per heavy atom. The van der Waals surface area contributed by atoms with Gasteiger partial charge in [0.25, 0.3) is 0 Å². The molecule has 1 amide bonds. The van der Waals surface area contributed by atoms with Crippen LogP contribution in [0, 0.1) is 5.41 Å². The fraction of sp³-hybridized carbons (Fsp3) is 0.909. The van der Waals surface area contributed by atoms with E-state index in [1.807, 2.05) is 4.90 Å². The molecule has 0 spiro atoms. The highest BCUT2D eigenvalue weighted by Crippen LogP contribution is 2.38. The van der Waals surface area contributed by atoms with Gasteiger partial charge in [0.1, 0.15) is 0 Å². The van der Waals surface area contributed by atoms with Gasteiger partial charge < -0.3 is 10.0 Å². The second kappa shape index (κ2) is 3.89. The first kappa shape index (κ1) is 9.97. The molecule has 1 heterocycles. The van der Waals surface area contributed by atoms with Crippen LogP contribution in [0.1, 0.15) is 38.5 Å². The minimum Gasteiger partial charge on any atom is -0.396 e. The van der Waals surface area contributed by atoms with Gasteiger partial charge in [0.2, 0.25) is 5.91 Å². The van der Waals surface area contributed by atoms with Crippen molar-refractivity contribution in [1.29, 1.82) is 0 Å². The average Bonchev–Trinajstić information content (AvgIpc) is 2.79. The standard InChI is InChI=1S/C11H19NO2/c13-9-11(5-1-2-6-11)8-12-7-3-4-10(12)14/h13H,1-9H2. The lowest BCUT2D eigenvalue weighted by Gasteiger charge is -2.31. The zero-order chi connectivity index (χ0) is 10.0. The molecule has 14 heavy (non-hydrogen) atoms. The molecular formula is C11H19NO2. The molecule has 1 saturated heterocycles. The Balaban J connectivity index is 1.96. The Morgan fingerprint density at radius 2 is 2.00 bits per heavy atom. The predicted octanol–water partition coefficient (Wildman–Crippen LogP) is 1.16. The van der Waals surface area contributed by atoms with Crippen molar-refractivity contribution in [3.05, 3.63) is 0 Å². The Morgan fingerprint density at radius 1 is 1.29 bits per heavy atom. The van der Waals surface area contributed by atoms with Crippen molar-refractivity contribution in [3.63, 3.8) is 0 Å². The van der Waals surface area contributed by atoms with E-state index in [9.17, 15) is 9.90 Å². The number of hydrogen-bond donors (Lipinski definition) is 1. The van der Waals surface area contributed by atoms with E-state index in [2.05, 4.69) is 0 Å². The SMILES string of the molecule is O=C1CCCN1CC1(CO)CCCC1. The molecule has 1 N–H and O–H groups in total. The summed E-state index contributed by atoms with van der Waals surface area (Å²) < 4.78 is 0. The Kier molecular flexibility index (Phi) is 2.77. The van der Waals surface area contributed by atoms with E-state index in [0.717, 1.165) is 32.4 Å². The molecule has 3 heteroatoms. The second-order valence-electron chi connectivity index (χ2n) is 4.78. The molecule has 1 saturated carbocycles. The number of hydrogen-bond acceptors (Lipinski definition) is 2. The van der Waals surface area contributed by atoms with Crippen LogP contribution in [-0.2, 0) is 4.79 Å². The third-order valence-corrected chi connectivity index (χ3v) is 3.70. The molecule has 80 valence electrons. The highest BCUT2D eigenvalue weighted by molar-refractivity contribution is 5.78. The molecule has 2 aliphatic rings. The summed E-state index contributed by atoms with van der Waals surface area (Å²) in [7, 11) is 0. The van der Waals surface area contributed by atoms with Crippen LogP contribution < -0.4 is 0 Å². The third-order valence-electron chi connectivity index (χ3n) is 3.70. The summed E-state index contributed by atoms with van der Waals surface area (Å²) in [5.74, 6) is 0.282. The largest absolute Gasteiger partial charge is 0.396 e. The number of carbonyl (C=O) groups is 1. The quantitative estimate of drug-likeness (QED) is 0.737. The maximum absolute atomic E-state index is 11.5. The first-order valence-electron chi connectivity index (χ1n) is 5.64. The van der Waals surface area contributed by atoms with Crippen LogP contribution >= 0.6 is 0 Å². The summed E-state index contributed by atoms with van der Waals surface area (Å²) >= 11 is 0. The average molecular weight is 197 g/mol. The van der Waals surface area contributed by atoms with Crippen molar-refractivity contribution in [2.45, 2.75) is 38.5 Å². The molecule has 0 aromatic rings. The number of nitrogens with zero attached hydrogens (tertiary/aromatic N) is 1. The molecule has 0 radical (unpaired) electrons. The molecule has 2 rings (SSSR count). The molecule has 2 fully saturated rings. The third kappa shape index (κ3) is 1.78. The summed E-state index contributed by atoms with van der Waals surface area (Å²) in [5, 5.41) is 9.43. The van der Waals surface area contributed by atoms with Gasteiger partial charge in [0, 0.05) is 24.9 Å². The predicted molar refractivity (Wildman–Crippen MR) is 53.8 cm³/mol. The molecule has 0 aromatic heterocycles. The topological polar surface area (TPSA) is 40.5 Å². The molecular weight excluding hydrogens is 178 g/mol. The van der Waals surface area contributed by atoms with E-state index in [0.29, 0.717) is 6.42 Å². The molecule has 0 bridgehead atoms. The smallest absolute Gasteiger partial charge is 0.222 e. The van der Waals surface area contributed by atoms with Crippen molar-refractivity contribution in [2.24, 2.45) is 5.41 Å². The lowest BCUT2D eigenvalue weighted by Crippen LogP contribution is -2.39. The number of amides is 1. The van der Waals surface area contributed by atoms with Crippen LogP contribution in [0.4, 0.5) is 0 Å². The minimum absolute atomic E-state index is 0.0417. The number of rotatable bonds is 3. The van der Waals surface area contributed by atoms with Gasteiger partial charge in [-0.25, -0.2) is 0 Å². The van der Waals surface area contributed by atoms with Crippen LogP contribution in [0.25, 0.3) is 0 Å². The summed E-state index contributed by atoms with van der Waals surface area (Å²) in [6, 6.07) is 0. The van der Waals surface area contributed by atoms with E-state index in [4.69, 9.17) is 0 Å². The first-order chi connectivity index (χ1) is 6.76. The fourth-order valence-corrected chi connectivity index (χ4v) is 2.77. The zero-order valence-corrected chi connectivity index (χ0v) is 8.67. The zero-order valence-electron chi connectivity index (χ0n) is 8.67. The molecule has 1 aliphatic heterocycles. The number of carbonyl (C=O) groups excluding carboxylic acids is 1. The van der Waals surface area contributed by atoms with Gasteiger partial charge in [-0.05, 0) is 19.3 Å². The highest BCUT2D eigenvalue weighted by Gasteiger charge is 2.37. The Bertz CT molecular complexity index is 221. The van der Waals surface area contributed by atoms with E-state index in [-0.39, 0.29) is 17.9 Å². The maximum atomic E-state index is 11.5. The van der Waals surface area contributed by atoms with Gasteiger partial charge in [0.05, 0.1) is 6.61 Å². The lowest BCUT2D eigenvalue weighted by molar-refractivity contribution is -0.129.